The third-order valence-corrected chi connectivity index (χ3v) is 4.97. The van der Waals surface area contributed by atoms with Gasteiger partial charge in [0.05, 0.1) is 11.4 Å². The van der Waals surface area contributed by atoms with Gasteiger partial charge in [0.1, 0.15) is 0 Å². The van der Waals surface area contributed by atoms with E-state index in [9.17, 15) is 4.79 Å². The van der Waals surface area contributed by atoms with Crippen LogP contribution in [0.3, 0.4) is 0 Å². The zero-order valence-corrected chi connectivity index (χ0v) is 15.9. The molecule has 1 amide bonds. The number of hydrogen-bond donors (Lipinski definition) is 1. The van der Waals surface area contributed by atoms with Crippen LogP contribution in [0.4, 0.5) is 17.1 Å². The molecule has 0 atom stereocenters. The molecule has 0 bridgehead atoms. The third-order valence-electron chi connectivity index (χ3n) is 4.97. The van der Waals surface area contributed by atoms with E-state index in [2.05, 4.69) is 45.4 Å². The van der Waals surface area contributed by atoms with Crippen LogP contribution in [0.1, 0.15) is 31.2 Å². The Kier molecular flexibility index (Phi) is 6.16. The molecule has 1 saturated heterocycles. The normalized spacial score (nSPS) is 14.2. The topological polar surface area (TPSA) is 35.6 Å². The highest BCUT2D eigenvalue weighted by molar-refractivity contribution is 5.94. The number of rotatable bonds is 6. The third kappa shape index (κ3) is 4.78. The highest BCUT2D eigenvalue weighted by Crippen LogP contribution is 2.28. The molecule has 1 aliphatic heterocycles. The molecule has 2 aromatic rings. The quantitative estimate of drug-likeness (QED) is 0.842. The van der Waals surface area contributed by atoms with Gasteiger partial charge in [0.25, 0.3) is 0 Å². The van der Waals surface area contributed by atoms with Gasteiger partial charge in [0.15, 0.2) is 0 Å². The maximum atomic E-state index is 12.5. The van der Waals surface area contributed by atoms with E-state index in [0.717, 1.165) is 30.9 Å². The van der Waals surface area contributed by atoms with E-state index >= 15 is 0 Å². The van der Waals surface area contributed by atoms with Crippen molar-refractivity contribution >= 4 is 23.0 Å². The lowest BCUT2D eigenvalue weighted by Gasteiger charge is -2.30. The minimum Gasteiger partial charge on any atom is -0.378 e. The summed E-state index contributed by atoms with van der Waals surface area (Å²) < 4.78 is 0. The maximum Gasteiger partial charge on any atom is 0.224 e. The van der Waals surface area contributed by atoms with Gasteiger partial charge in [-0.3, -0.25) is 4.79 Å². The summed E-state index contributed by atoms with van der Waals surface area (Å²) in [5, 5.41) is 3.12. The molecule has 4 nitrogen and oxygen atoms in total. The molecule has 1 aliphatic rings. The van der Waals surface area contributed by atoms with Crippen molar-refractivity contribution in [3.05, 3.63) is 54.1 Å². The molecule has 4 heteroatoms. The second-order valence-corrected chi connectivity index (χ2v) is 7.17. The monoisotopic (exact) mass is 351 g/mol. The zero-order chi connectivity index (χ0) is 18.4. The summed E-state index contributed by atoms with van der Waals surface area (Å²) >= 11 is 0. The molecule has 0 radical (unpaired) electrons. The summed E-state index contributed by atoms with van der Waals surface area (Å²) in [5.74, 6) is 0.0751. The molecule has 0 saturated carbocycles. The van der Waals surface area contributed by atoms with Crippen molar-refractivity contribution in [1.82, 2.24) is 0 Å². The molecular weight excluding hydrogens is 322 g/mol. The Labute approximate surface area is 156 Å². The van der Waals surface area contributed by atoms with Crippen LogP contribution in [0.15, 0.2) is 48.5 Å². The van der Waals surface area contributed by atoms with Crippen LogP contribution in [0.2, 0.25) is 0 Å². The van der Waals surface area contributed by atoms with Crippen molar-refractivity contribution in [2.24, 2.45) is 0 Å². The Balaban J connectivity index is 1.58. The number of benzene rings is 2. The van der Waals surface area contributed by atoms with Gasteiger partial charge in [-0.1, -0.05) is 24.3 Å². The van der Waals surface area contributed by atoms with Crippen molar-refractivity contribution in [3.63, 3.8) is 0 Å². The predicted molar refractivity (Wildman–Crippen MR) is 110 cm³/mol. The number of para-hydroxylation sites is 2. The van der Waals surface area contributed by atoms with E-state index in [1.165, 1.54) is 30.5 Å². The molecule has 1 fully saturated rings. The van der Waals surface area contributed by atoms with Crippen molar-refractivity contribution in [3.8, 4) is 0 Å². The average Bonchev–Trinajstić information content (AvgIpc) is 2.68. The minimum absolute atomic E-state index is 0.0751. The van der Waals surface area contributed by atoms with Crippen LogP contribution in [-0.4, -0.2) is 33.1 Å². The first-order chi connectivity index (χ1) is 12.6. The minimum atomic E-state index is 0.0751. The molecule has 1 heterocycles. The highest BCUT2D eigenvalue weighted by Gasteiger charge is 2.15. The Morgan fingerprint density at radius 2 is 1.69 bits per heavy atom. The molecule has 3 rings (SSSR count). The number of anilines is 3. The van der Waals surface area contributed by atoms with Gasteiger partial charge in [-0.25, -0.2) is 0 Å². The van der Waals surface area contributed by atoms with Crippen LogP contribution in [0.25, 0.3) is 0 Å². The second kappa shape index (κ2) is 8.75. The summed E-state index contributed by atoms with van der Waals surface area (Å²) in [5.41, 5.74) is 4.45. The maximum absolute atomic E-state index is 12.5. The predicted octanol–water partition coefficient (Wildman–Crippen LogP) is 4.31. The average molecular weight is 351 g/mol. The van der Waals surface area contributed by atoms with Gasteiger partial charge in [-0.15, -0.1) is 0 Å². The van der Waals surface area contributed by atoms with E-state index in [1.54, 1.807) is 0 Å². The van der Waals surface area contributed by atoms with E-state index < -0.39 is 0 Å². The van der Waals surface area contributed by atoms with E-state index in [1.807, 2.05) is 32.3 Å². The Morgan fingerprint density at radius 1 is 1.00 bits per heavy atom. The summed E-state index contributed by atoms with van der Waals surface area (Å²) in [7, 11) is 4.06. The lowest BCUT2D eigenvalue weighted by molar-refractivity contribution is -0.116. The number of piperidine rings is 1. The summed E-state index contributed by atoms with van der Waals surface area (Å²) in [6.07, 6.45) is 5.01. The fraction of sp³-hybridized carbons (Fsp3) is 0.409. The van der Waals surface area contributed by atoms with Gasteiger partial charge in [0.2, 0.25) is 5.91 Å². The van der Waals surface area contributed by atoms with Gasteiger partial charge in [0, 0.05) is 39.3 Å². The van der Waals surface area contributed by atoms with Crippen molar-refractivity contribution in [1.29, 1.82) is 0 Å². The first kappa shape index (κ1) is 18.3. The van der Waals surface area contributed by atoms with Gasteiger partial charge >= 0.3 is 0 Å². The number of nitrogens with one attached hydrogen (secondary N) is 1. The van der Waals surface area contributed by atoms with Crippen LogP contribution >= 0.6 is 0 Å². The van der Waals surface area contributed by atoms with Gasteiger partial charge in [-0.2, -0.15) is 0 Å². The first-order valence-corrected chi connectivity index (χ1v) is 9.53. The van der Waals surface area contributed by atoms with Crippen LogP contribution < -0.4 is 15.1 Å². The van der Waals surface area contributed by atoms with E-state index in [4.69, 9.17) is 0 Å². The Bertz CT molecular complexity index is 718. The molecule has 138 valence electrons. The van der Waals surface area contributed by atoms with Gasteiger partial charge in [-0.05, 0) is 55.5 Å². The van der Waals surface area contributed by atoms with Gasteiger partial charge < -0.3 is 15.1 Å². The molecule has 26 heavy (non-hydrogen) atoms. The number of hydrogen-bond acceptors (Lipinski definition) is 3. The van der Waals surface area contributed by atoms with Crippen molar-refractivity contribution in [2.75, 3.05) is 42.3 Å². The van der Waals surface area contributed by atoms with Crippen LogP contribution in [0, 0.1) is 0 Å². The van der Waals surface area contributed by atoms with E-state index in [0.29, 0.717) is 6.42 Å². The molecule has 0 unspecified atom stereocenters. The SMILES string of the molecule is CN(C)c1ccc(CCC(=O)Nc2ccccc2N2CCCCC2)cc1. The lowest BCUT2D eigenvalue weighted by atomic mass is 10.1. The van der Waals surface area contributed by atoms with E-state index in [-0.39, 0.29) is 5.91 Å². The Morgan fingerprint density at radius 3 is 2.38 bits per heavy atom. The standard InChI is InChI=1S/C22H29N3O/c1-24(2)19-13-10-18(11-14-19)12-15-22(26)23-20-8-4-5-9-21(20)25-16-6-3-7-17-25/h4-5,8-11,13-14H,3,6-7,12,15-17H2,1-2H3,(H,23,26). The number of carbonyl (C=O) groups is 1. The summed E-state index contributed by atoms with van der Waals surface area (Å²) in [4.78, 5) is 16.9. The number of carbonyl (C=O) groups excluding carboxylic acids is 1. The molecule has 0 spiro atoms. The molecule has 0 aliphatic carbocycles. The highest BCUT2D eigenvalue weighted by atomic mass is 16.1. The Hall–Kier alpha value is -2.49. The molecular formula is C22H29N3O. The number of amides is 1. The summed E-state index contributed by atoms with van der Waals surface area (Å²) in [6, 6.07) is 16.6. The molecule has 0 aromatic heterocycles. The molecule has 1 N–H and O–H groups in total. The van der Waals surface area contributed by atoms with Crippen LogP contribution in [-0.2, 0) is 11.2 Å². The largest absolute Gasteiger partial charge is 0.378 e. The van der Waals surface area contributed by atoms with Crippen LogP contribution in [0.5, 0.6) is 0 Å². The zero-order valence-electron chi connectivity index (χ0n) is 15.9. The van der Waals surface area contributed by atoms with Crippen molar-refractivity contribution in [2.45, 2.75) is 32.1 Å². The lowest BCUT2D eigenvalue weighted by Crippen LogP contribution is -2.30. The smallest absolute Gasteiger partial charge is 0.224 e. The molecule has 2 aromatic carbocycles. The fourth-order valence-corrected chi connectivity index (χ4v) is 3.42. The first-order valence-electron chi connectivity index (χ1n) is 9.53. The number of aryl methyl sites for hydroxylation is 1. The second-order valence-electron chi connectivity index (χ2n) is 7.17. The van der Waals surface area contributed by atoms with Crippen molar-refractivity contribution < 1.29 is 4.79 Å². The summed E-state index contributed by atoms with van der Waals surface area (Å²) in [6.45, 7) is 2.15. The fourth-order valence-electron chi connectivity index (χ4n) is 3.42. The number of nitrogens with zero attached hydrogens (tertiary/aromatic N) is 2.